The molecule has 2 atom stereocenters. The number of rotatable bonds is 31. The smallest absolute Gasteiger partial charge is 0.472 e. The van der Waals surface area contributed by atoms with Crippen LogP contribution in [0.5, 0.6) is 0 Å². The molecule has 0 aromatic rings. The van der Waals surface area contributed by atoms with Gasteiger partial charge in [0.2, 0.25) is 0 Å². The molecule has 9 nitrogen and oxygen atoms in total. The molecule has 0 aromatic carbocycles. The molecular formula is C28H58NO8P. The van der Waals surface area contributed by atoms with Crippen LogP contribution in [0.1, 0.15) is 129 Å². The summed E-state index contributed by atoms with van der Waals surface area (Å²) in [5, 5.41) is 8.73. The third kappa shape index (κ3) is 28.5. The fourth-order valence-corrected chi connectivity index (χ4v) is 4.89. The molecule has 0 saturated carbocycles. The molecule has 228 valence electrons. The maximum absolute atomic E-state index is 11.9. The second-order valence-electron chi connectivity index (χ2n) is 10.1. The Hall–Kier alpha value is -0.540. The second kappa shape index (κ2) is 28.0. The molecule has 0 aromatic heterocycles. The Bertz CT molecular complexity index is 567. The highest BCUT2D eigenvalue weighted by atomic mass is 31.2. The number of aliphatic carboxylic acids is 1. The molecule has 38 heavy (non-hydrogen) atoms. The molecule has 0 rings (SSSR count). The van der Waals surface area contributed by atoms with Gasteiger partial charge in [-0.15, -0.1) is 0 Å². The molecule has 4 N–H and O–H groups in total. The van der Waals surface area contributed by atoms with E-state index in [9.17, 15) is 14.3 Å². The first kappa shape index (κ1) is 37.5. The van der Waals surface area contributed by atoms with E-state index >= 15 is 0 Å². The zero-order valence-corrected chi connectivity index (χ0v) is 25.0. The predicted octanol–water partition coefficient (Wildman–Crippen LogP) is 7.00. The summed E-state index contributed by atoms with van der Waals surface area (Å²) in [6, 6.07) is 0. The Kier molecular flexibility index (Phi) is 27.6. The number of hydrogen-bond acceptors (Lipinski definition) is 7. The van der Waals surface area contributed by atoms with E-state index in [1.165, 1.54) is 89.9 Å². The number of hydrogen-bond donors (Lipinski definition) is 3. The van der Waals surface area contributed by atoms with Crippen molar-refractivity contribution >= 4 is 13.8 Å². The van der Waals surface area contributed by atoms with E-state index in [0.717, 1.165) is 12.8 Å². The van der Waals surface area contributed by atoms with E-state index in [1.807, 2.05) is 0 Å². The summed E-state index contributed by atoms with van der Waals surface area (Å²) in [4.78, 5) is 20.3. The number of carboxylic acid groups (broad SMARTS) is 1. The summed E-state index contributed by atoms with van der Waals surface area (Å²) in [5.74, 6) is -0.842. The first-order chi connectivity index (χ1) is 18.4. The van der Waals surface area contributed by atoms with Crippen molar-refractivity contribution in [1.29, 1.82) is 0 Å². The Morgan fingerprint density at radius 3 is 1.71 bits per heavy atom. The largest absolute Gasteiger partial charge is 0.481 e. The van der Waals surface area contributed by atoms with Gasteiger partial charge in [-0.25, -0.2) is 4.57 Å². The van der Waals surface area contributed by atoms with E-state index in [4.69, 9.17) is 29.4 Å². The quantitative estimate of drug-likeness (QED) is 0.0597. The van der Waals surface area contributed by atoms with Crippen molar-refractivity contribution in [2.24, 2.45) is 5.73 Å². The first-order valence-electron chi connectivity index (χ1n) is 15.1. The average Bonchev–Trinajstić information content (AvgIpc) is 2.89. The lowest BCUT2D eigenvalue weighted by atomic mass is 10.0. The Morgan fingerprint density at radius 2 is 1.21 bits per heavy atom. The van der Waals surface area contributed by atoms with Crippen LogP contribution in [-0.4, -0.2) is 61.7 Å². The van der Waals surface area contributed by atoms with Crippen molar-refractivity contribution in [3.8, 4) is 0 Å². The SMILES string of the molecule is CCCCCCCCCCCCCCCCCCOC[C@H](COP(=O)(O)OCCN)OCCCCC(=O)O. The summed E-state index contributed by atoms with van der Waals surface area (Å²) in [6.45, 7) is 3.29. The molecule has 0 heterocycles. The molecule has 0 amide bonds. The van der Waals surface area contributed by atoms with Crippen LogP contribution in [0.4, 0.5) is 0 Å². The van der Waals surface area contributed by atoms with Gasteiger partial charge in [-0.3, -0.25) is 13.8 Å². The maximum atomic E-state index is 11.9. The Labute approximate surface area is 232 Å². The molecule has 1 unspecified atom stereocenters. The number of carboxylic acids is 1. The van der Waals surface area contributed by atoms with Crippen molar-refractivity contribution in [2.45, 2.75) is 135 Å². The lowest BCUT2D eigenvalue weighted by Crippen LogP contribution is -2.26. The van der Waals surface area contributed by atoms with Crippen LogP contribution in [0.3, 0.4) is 0 Å². The predicted molar refractivity (Wildman–Crippen MR) is 152 cm³/mol. The van der Waals surface area contributed by atoms with Gasteiger partial charge in [0, 0.05) is 26.2 Å². The molecule has 0 radical (unpaired) electrons. The van der Waals surface area contributed by atoms with E-state index in [-0.39, 0.29) is 32.8 Å². The lowest BCUT2D eigenvalue weighted by Gasteiger charge is -2.20. The van der Waals surface area contributed by atoms with Gasteiger partial charge in [-0.1, -0.05) is 103 Å². The zero-order valence-electron chi connectivity index (χ0n) is 24.1. The van der Waals surface area contributed by atoms with Crippen LogP contribution < -0.4 is 5.73 Å². The van der Waals surface area contributed by atoms with Crippen LogP contribution in [0, 0.1) is 0 Å². The van der Waals surface area contributed by atoms with E-state index < -0.39 is 19.9 Å². The first-order valence-corrected chi connectivity index (χ1v) is 16.6. The monoisotopic (exact) mass is 567 g/mol. The lowest BCUT2D eigenvalue weighted by molar-refractivity contribution is -0.137. The van der Waals surface area contributed by atoms with Gasteiger partial charge in [0.25, 0.3) is 0 Å². The van der Waals surface area contributed by atoms with Gasteiger partial charge in [0.15, 0.2) is 0 Å². The summed E-state index contributed by atoms with van der Waals surface area (Å²) in [6.07, 6.45) is 21.7. The molecular weight excluding hydrogens is 509 g/mol. The summed E-state index contributed by atoms with van der Waals surface area (Å²) < 4.78 is 33.0. The van der Waals surface area contributed by atoms with Crippen LogP contribution in [-0.2, 0) is 27.9 Å². The number of phosphoric acid groups is 1. The minimum atomic E-state index is -4.19. The molecule has 0 aliphatic heterocycles. The minimum absolute atomic E-state index is 0.0791. The topological polar surface area (TPSA) is 138 Å². The van der Waals surface area contributed by atoms with Crippen LogP contribution >= 0.6 is 7.82 Å². The normalized spacial score (nSPS) is 14.0. The fraction of sp³-hybridized carbons (Fsp3) is 0.964. The second-order valence-corrected chi connectivity index (χ2v) is 11.6. The van der Waals surface area contributed by atoms with Crippen molar-refractivity contribution in [3.05, 3.63) is 0 Å². The van der Waals surface area contributed by atoms with Crippen LogP contribution in [0.15, 0.2) is 0 Å². The zero-order chi connectivity index (χ0) is 28.2. The van der Waals surface area contributed by atoms with Gasteiger partial charge in [0.1, 0.15) is 6.10 Å². The summed E-state index contributed by atoms with van der Waals surface area (Å²) >= 11 is 0. The molecule has 0 bridgehead atoms. The van der Waals surface area contributed by atoms with E-state index in [0.29, 0.717) is 26.1 Å². The number of ether oxygens (including phenoxy) is 2. The van der Waals surface area contributed by atoms with Gasteiger partial charge in [-0.2, -0.15) is 0 Å². The highest BCUT2D eigenvalue weighted by Crippen LogP contribution is 2.43. The Balaban J connectivity index is 3.78. The van der Waals surface area contributed by atoms with Crippen molar-refractivity contribution in [1.82, 2.24) is 0 Å². The molecule has 0 spiro atoms. The number of phosphoric ester groups is 1. The molecule has 10 heteroatoms. The molecule has 0 saturated heterocycles. The average molecular weight is 568 g/mol. The van der Waals surface area contributed by atoms with Gasteiger partial charge < -0.3 is 25.2 Å². The van der Waals surface area contributed by atoms with Gasteiger partial charge in [0.05, 0.1) is 19.8 Å². The van der Waals surface area contributed by atoms with Crippen molar-refractivity contribution in [3.63, 3.8) is 0 Å². The van der Waals surface area contributed by atoms with Gasteiger partial charge >= 0.3 is 13.8 Å². The third-order valence-electron chi connectivity index (χ3n) is 6.38. The maximum Gasteiger partial charge on any atom is 0.472 e. The number of nitrogens with two attached hydrogens (primary N) is 1. The van der Waals surface area contributed by atoms with Crippen molar-refractivity contribution < 1.29 is 37.9 Å². The van der Waals surface area contributed by atoms with Gasteiger partial charge in [-0.05, 0) is 19.3 Å². The van der Waals surface area contributed by atoms with E-state index in [2.05, 4.69) is 6.92 Å². The van der Waals surface area contributed by atoms with E-state index in [1.54, 1.807) is 0 Å². The molecule has 0 aliphatic rings. The minimum Gasteiger partial charge on any atom is -0.481 e. The summed E-state index contributed by atoms with van der Waals surface area (Å²) in [7, 11) is -4.19. The Morgan fingerprint density at radius 1 is 0.711 bits per heavy atom. The van der Waals surface area contributed by atoms with Crippen LogP contribution in [0.25, 0.3) is 0 Å². The highest BCUT2D eigenvalue weighted by Gasteiger charge is 2.23. The molecule has 0 fully saturated rings. The highest BCUT2D eigenvalue weighted by molar-refractivity contribution is 7.47. The van der Waals surface area contributed by atoms with Crippen molar-refractivity contribution in [2.75, 3.05) is 39.6 Å². The standard InChI is InChI=1S/C28H58NO8P/c1-2-3-4-5-6-7-8-9-10-11-12-13-14-15-16-18-22-34-25-27(35-23-19-17-20-28(30)31)26-37-38(32,33)36-24-21-29/h27H,2-26,29H2,1H3,(H,30,31)(H,32,33)/t27-/m1/s1. The third-order valence-corrected chi connectivity index (χ3v) is 7.36. The summed E-state index contributed by atoms with van der Waals surface area (Å²) in [5.41, 5.74) is 5.29. The van der Waals surface area contributed by atoms with Crippen LogP contribution in [0.2, 0.25) is 0 Å². The number of unbranched alkanes of at least 4 members (excludes halogenated alkanes) is 16. The molecule has 0 aliphatic carbocycles. The number of carbonyl (C=O) groups is 1. The fourth-order valence-electron chi connectivity index (χ4n) is 4.12.